The number of para-hydroxylation sites is 1. The van der Waals surface area contributed by atoms with Crippen LogP contribution < -0.4 is 10.6 Å². The zero-order chi connectivity index (χ0) is 28.0. The Balaban J connectivity index is 1.15. The van der Waals surface area contributed by atoms with E-state index in [0.717, 1.165) is 27.6 Å². The highest BCUT2D eigenvalue weighted by molar-refractivity contribution is 6.00. The summed E-state index contributed by atoms with van der Waals surface area (Å²) in [6.07, 6.45) is 2.27. The average molecular weight is 534 g/mol. The molecule has 202 valence electrons. The van der Waals surface area contributed by atoms with Crippen molar-refractivity contribution >= 4 is 28.6 Å². The molecule has 2 saturated heterocycles. The minimum atomic E-state index is -0.729. The molecule has 40 heavy (non-hydrogen) atoms. The van der Waals surface area contributed by atoms with Gasteiger partial charge in [0.1, 0.15) is 17.4 Å². The van der Waals surface area contributed by atoms with E-state index in [0.29, 0.717) is 24.4 Å². The van der Waals surface area contributed by atoms with Gasteiger partial charge in [0.05, 0.1) is 12.1 Å². The van der Waals surface area contributed by atoms with Gasteiger partial charge >= 0.3 is 0 Å². The van der Waals surface area contributed by atoms with E-state index in [4.69, 9.17) is 0 Å². The van der Waals surface area contributed by atoms with Crippen LogP contribution in [-0.2, 0) is 4.79 Å². The molecule has 0 bridgehead atoms. The standard InChI is InChI=1S/C32H31N5O3/c1-19-18-37(31(40)24-14-13-22(17-33-24)20-9-5-4-6-10-20)27(19)26-16-32(2,3)28(30(39)35-26)36-29(38)25-15-21-11-7-8-12-23(21)34-25/h4-15,17,26-28,34H,1,16,18H2,2-3H3,(H,35,39)(H,36,38)/t26-,27?,28?/m0/s1. The number of nitrogens with zero attached hydrogens (tertiary/aromatic N) is 2. The molecule has 3 amide bonds. The largest absolute Gasteiger partial charge is 0.351 e. The lowest BCUT2D eigenvalue weighted by Gasteiger charge is -2.52. The van der Waals surface area contributed by atoms with Crippen LogP contribution in [0.5, 0.6) is 0 Å². The maximum Gasteiger partial charge on any atom is 0.273 e. The van der Waals surface area contributed by atoms with Crippen molar-refractivity contribution in [2.45, 2.75) is 38.4 Å². The topological polar surface area (TPSA) is 107 Å². The summed E-state index contributed by atoms with van der Waals surface area (Å²) in [5.41, 5.74) is 3.90. The first kappa shape index (κ1) is 25.6. The number of aromatic amines is 1. The van der Waals surface area contributed by atoms with Gasteiger partial charge in [-0.3, -0.25) is 19.4 Å². The van der Waals surface area contributed by atoms with E-state index in [2.05, 4.69) is 27.2 Å². The highest BCUT2D eigenvalue weighted by Crippen LogP contribution is 2.38. The number of nitrogens with one attached hydrogen (secondary N) is 3. The summed E-state index contributed by atoms with van der Waals surface area (Å²) in [7, 11) is 0. The molecular formula is C32H31N5O3. The number of pyridine rings is 1. The van der Waals surface area contributed by atoms with Crippen LogP contribution >= 0.6 is 0 Å². The molecule has 8 heteroatoms. The summed E-state index contributed by atoms with van der Waals surface area (Å²) in [6, 6.07) is 21.5. The van der Waals surface area contributed by atoms with Crippen molar-refractivity contribution in [1.82, 2.24) is 25.5 Å². The first-order valence-corrected chi connectivity index (χ1v) is 13.4. The van der Waals surface area contributed by atoms with Gasteiger partial charge in [0.25, 0.3) is 11.8 Å². The predicted molar refractivity (Wildman–Crippen MR) is 154 cm³/mol. The maximum absolute atomic E-state index is 13.4. The molecule has 0 spiro atoms. The molecule has 2 aliphatic heterocycles. The van der Waals surface area contributed by atoms with Crippen molar-refractivity contribution < 1.29 is 14.4 Å². The Morgan fingerprint density at radius 2 is 1.77 bits per heavy atom. The number of H-pyrrole nitrogens is 1. The number of likely N-dealkylation sites (tertiary alicyclic amines) is 1. The van der Waals surface area contributed by atoms with Crippen LogP contribution in [0.3, 0.4) is 0 Å². The van der Waals surface area contributed by atoms with Gasteiger partial charge in [-0.25, -0.2) is 0 Å². The second-order valence-electron chi connectivity index (χ2n) is 11.3. The third-order valence-corrected chi connectivity index (χ3v) is 8.03. The van der Waals surface area contributed by atoms with Gasteiger partial charge in [0.2, 0.25) is 5.91 Å². The smallest absolute Gasteiger partial charge is 0.273 e. The lowest BCUT2D eigenvalue weighted by molar-refractivity contribution is -0.130. The van der Waals surface area contributed by atoms with Crippen molar-refractivity contribution in [3.63, 3.8) is 0 Å². The van der Waals surface area contributed by atoms with Crippen molar-refractivity contribution in [2.24, 2.45) is 5.41 Å². The van der Waals surface area contributed by atoms with Crippen molar-refractivity contribution in [3.05, 3.63) is 103 Å². The fraction of sp³-hybridized carbons (Fsp3) is 0.250. The van der Waals surface area contributed by atoms with E-state index in [9.17, 15) is 14.4 Å². The zero-order valence-corrected chi connectivity index (χ0v) is 22.5. The summed E-state index contributed by atoms with van der Waals surface area (Å²) in [5.74, 6) is -0.806. The Labute approximate surface area is 232 Å². The molecule has 2 unspecified atom stereocenters. The minimum absolute atomic E-state index is 0.196. The molecule has 0 aliphatic carbocycles. The van der Waals surface area contributed by atoms with Gasteiger partial charge in [-0.2, -0.15) is 0 Å². The molecule has 8 nitrogen and oxygen atoms in total. The van der Waals surface area contributed by atoms with Gasteiger partial charge < -0.3 is 20.5 Å². The number of hydrogen-bond acceptors (Lipinski definition) is 4. The quantitative estimate of drug-likeness (QED) is 0.332. The fourth-order valence-electron chi connectivity index (χ4n) is 5.90. The highest BCUT2D eigenvalue weighted by atomic mass is 16.2. The van der Waals surface area contributed by atoms with E-state index >= 15 is 0 Å². The van der Waals surface area contributed by atoms with Gasteiger partial charge in [-0.05, 0) is 41.2 Å². The summed E-state index contributed by atoms with van der Waals surface area (Å²) < 4.78 is 0. The zero-order valence-electron chi connectivity index (χ0n) is 22.5. The molecule has 2 aliphatic rings. The third-order valence-electron chi connectivity index (χ3n) is 8.03. The van der Waals surface area contributed by atoms with Crippen LogP contribution in [0.15, 0.2) is 91.1 Å². The second kappa shape index (κ2) is 9.79. The summed E-state index contributed by atoms with van der Waals surface area (Å²) in [4.78, 5) is 49.1. The van der Waals surface area contributed by atoms with Crippen LogP contribution in [0.2, 0.25) is 0 Å². The minimum Gasteiger partial charge on any atom is -0.351 e. The SMILES string of the molecule is C=C1CN(C(=O)c2ccc(-c3ccccc3)cn2)C1[C@@H]1CC(C)(C)C(NC(=O)c2cc3ccccc3[nH]2)C(=O)N1. The third kappa shape index (κ3) is 4.55. The lowest BCUT2D eigenvalue weighted by Crippen LogP contribution is -2.69. The number of aromatic nitrogens is 2. The molecule has 3 N–H and O–H groups in total. The Bertz CT molecular complexity index is 1590. The molecule has 3 atom stereocenters. The van der Waals surface area contributed by atoms with Gasteiger partial charge in [-0.15, -0.1) is 0 Å². The Kier molecular flexibility index (Phi) is 6.25. The summed E-state index contributed by atoms with van der Waals surface area (Å²) in [6.45, 7) is 8.50. The predicted octanol–water partition coefficient (Wildman–Crippen LogP) is 4.32. The fourth-order valence-corrected chi connectivity index (χ4v) is 5.90. The van der Waals surface area contributed by atoms with E-state index in [1.807, 2.05) is 74.5 Å². The molecule has 4 heterocycles. The van der Waals surface area contributed by atoms with E-state index in [1.165, 1.54) is 0 Å². The number of carbonyl (C=O) groups is 3. The van der Waals surface area contributed by atoms with Gasteiger partial charge in [0, 0.05) is 29.2 Å². The number of benzene rings is 2. The Morgan fingerprint density at radius 3 is 2.45 bits per heavy atom. The van der Waals surface area contributed by atoms with Crippen LogP contribution in [0, 0.1) is 5.41 Å². The Morgan fingerprint density at radius 1 is 1.02 bits per heavy atom. The monoisotopic (exact) mass is 533 g/mol. The number of amides is 3. The van der Waals surface area contributed by atoms with Gasteiger partial charge in [0.15, 0.2) is 0 Å². The molecule has 2 aromatic carbocycles. The number of piperidine rings is 1. The van der Waals surface area contributed by atoms with Crippen molar-refractivity contribution in [3.8, 4) is 11.1 Å². The van der Waals surface area contributed by atoms with Crippen LogP contribution in [0.25, 0.3) is 22.0 Å². The normalized spacial score (nSPS) is 21.9. The lowest BCUT2D eigenvalue weighted by atomic mass is 9.71. The van der Waals surface area contributed by atoms with E-state index in [-0.39, 0.29) is 29.8 Å². The molecule has 0 radical (unpaired) electrons. The molecule has 2 fully saturated rings. The number of carbonyl (C=O) groups excluding carboxylic acids is 3. The maximum atomic E-state index is 13.4. The summed E-state index contributed by atoms with van der Waals surface area (Å²) >= 11 is 0. The van der Waals surface area contributed by atoms with E-state index < -0.39 is 11.5 Å². The molecule has 6 rings (SSSR count). The van der Waals surface area contributed by atoms with Crippen molar-refractivity contribution in [2.75, 3.05) is 6.54 Å². The summed E-state index contributed by atoms with van der Waals surface area (Å²) in [5, 5.41) is 6.92. The van der Waals surface area contributed by atoms with E-state index in [1.54, 1.807) is 23.2 Å². The highest BCUT2D eigenvalue weighted by Gasteiger charge is 2.50. The first-order valence-electron chi connectivity index (χ1n) is 13.4. The second-order valence-corrected chi connectivity index (χ2v) is 11.3. The van der Waals surface area contributed by atoms with Crippen LogP contribution in [0.1, 0.15) is 41.2 Å². The molecule has 0 saturated carbocycles. The molecule has 4 aromatic rings. The first-order chi connectivity index (χ1) is 19.2. The average Bonchev–Trinajstić information content (AvgIpc) is 3.38. The van der Waals surface area contributed by atoms with Crippen molar-refractivity contribution in [1.29, 1.82) is 0 Å². The van der Waals surface area contributed by atoms with Crippen LogP contribution in [-0.4, -0.2) is 57.3 Å². The van der Waals surface area contributed by atoms with Gasteiger partial charge in [-0.1, -0.05) is 75.0 Å². The number of hydrogen-bond donors (Lipinski definition) is 3. The number of fused-ring (bicyclic) bond motifs is 1. The molecular weight excluding hydrogens is 502 g/mol. The number of rotatable bonds is 5. The van der Waals surface area contributed by atoms with Crippen LogP contribution in [0.4, 0.5) is 0 Å². The molecule has 2 aromatic heterocycles. The Hall–Kier alpha value is -4.72.